The van der Waals surface area contributed by atoms with E-state index in [1.54, 1.807) is 12.4 Å². The van der Waals surface area contributed by atoms with Crippen molar-refractivity contribution < 1.29 is 0 Å². The summed E-state index contributed by atoms with van der Waals surface area (Å²) in [6.07, 6.45) is 6.82. The first-order valence-electron chi connectivity index (χ1n) is 10.4. The fourth-order valence-corrected chi connectivity index (χ4v) is 3.85. The summed E-state index contributed by atoms with van der Waals surface area (Å²) in [5, 5.41) is 13.1. The van der Waals surface area contributed by atoms with Gasteiger partial charge < -0.3 is 4.90 Å². The van der Waals surface area contributed by atoms with Gasteiger partial charge in [0.05, 0.1) is 12.3 Å². The van der Waals surface area contributed by atoms with Crippen LogP contribution in [-0.4, -0.2) is 50.8 Å². The van der Waals surface area contributed by atoms with Gasteiger partial charge in [-0.15, -0.1) is 0 Å². The van der Waals surface area contributed by atoms with E-state index in [0.717, 1.165) is 56.2 Å². The van der Waals surface area contributed by atoms with Gasteiger partial charge in [-0.1, -0.05) is 24.3 Å². The first-order chi connectivity index (χ1) is 14.7. The Morgan fingerprint density at radius 3 is 2.43 bits per heavy atom. The Hall–Kier alpha value is -3.24. The molecule has 7 nitrogen and oxygen atoms in total. The Balaban J connectivity index is 1.44. The van der Waals surface area contributed by atoms with Crippen LogP contribution in [0, 0.1) is 18.3 Å². The molecule has 1 fully saturated rings. The number of piperazine rings is 1. The van der Waals surface area contributed by atoms with E-state index in [-0.39, 0.29) is 0 Å². The summed E-state index contributed by atoms with van der Waals surface area (Å²) >= 11 is 0. The molecule has 0 unspecified atom stereocenters. The van der Waals surface area contributed by atoms with E-state index in [0.29, 0.717) is 6.42 Å². The molecule has 2 aromatic heterocycles. The number of rotatable bonds is 6. The fourth-order valence-electron chi connectivity index (χ4n) is 3.85. The van der Waals surface area contributed by atoms with Gasteiger partial charge in [-0.2, -0.15) is 10.4 Å². The molecule has 7 heteroatoms. The first-order valence-corrected chi connectivity index (χ1v) is 10.4. The van der Waals surface area contributed by atoms with Crippen molar-refractivity contribution in [3.05, 3.63) is 59.7 Å². The van der Waals surface area contributed by atoms with Crippen LogP contribution in [0.25, 0.3) is 11.3 Å². The van der Waals surface area contributed by atoms with Crippen LogP contribution < -0.4 is 4.90 Å². The number of benzene rings is 1. The quantitative estimate of drug-likeness (QED) is 0.632. The van der Waals surface area contributed by atoms with Gasteiger partial charge in [0.15, 0.2) is 5.82 Å². The smallest absolute Gasteiger partial charge is 0.155 e. The third kappa shape index (κ3) is 4.34. The lowest BCUT2D eigenvalue weighted by Crippen LogP contribution is -2.46. The lowest BCUT2D eigenvalue weighted by molar-refractivity contribution is 0.249. The van der Waals surface area contributed by atoms with Crippen molar-refractivity contribution in [1.82, 2.24) is 24.6 Å². The third-order valence-corrected chi connectivity index (χ3v) is 5.83. The Morgan fingerprint density at radius 2 is 1.77 bits per heavy atom. The zero-order valence-corrected chi connectivity index (χ0v) is 17.6. The summed E-state index contributed by atoms with van der Waals surface area (Å²) in [5.41, 5.74) is 5.67. The summed E-state index contributed by atoms with van der Waals surface area (Å²) in [6.45, 7) is 6.87. The maximum Gasteiger partial charge on any atom is 0.155 e. The van der Waals surface area contributed by atoms with E-state index in [2.05, 4.69) is 62.1 Å². The van der Waals surface area contributed by atoms with Crippen molar-refractivity contribution in [2.24, 2.45) is 7.05 Å². The molecule has 0 spiro atoms. The minimum Gasteiger partial charge on any atom is -0.352 e. The molecule has 0 amide bonds. The summed E-state index contributed by atoms with van der Waals surface area (Å²) in [4.78, 5) is 14.1. The predicted octanol–water partition coefficient (Wildman–Crippen LogP) is 2.96. The van der Waals surface area contributed by atoms with Crippen LogP contribution in [0.5, 0.6) is 0 Å². The standard InChI is InChI=1S/C23H27N7/c1-18-21(16-27-28(18)2)17-29-12-14-30(15-13-29)23-22(25-10-11-26-23)20-7-5-19(6-8-20)4-3-9-24/h5-8,10-11,16H,3-4,12-15,17H2,1-2H3. The Kier molecular flexibility index (Phi) is 6.05. The van der Waals surface area contributed by atoms with Crippen LogP contribution in [0.15, 0.2) is 42.9 Å². The first kappa shape index (κ1) is 20.0. The van der Waals surface area contributed by atoms with Gasteiger partial charge in [-0.05, 0) is 18.9 Å². The Bertz CT molecular complexity index is 1020. The Morgan fingerprint density at radius 1 is 1.03 bits per heavy atom. The molecule has 4 rings (SSSR count). The molecule has 0 aliphatic carbocycles. The SMILES string of the molecule is Cc1c(CN2CCN(c3nccnc3-c3ccc(CCC#N)cc3)CC2)cnn1C. The molecule has 0 radical (unpaired) electrons. The number of nitrogens with zero attached hydrogens (tertiary/aromatic N) is 7. The molecule has 0 bridgehead atoms. The highest BCUT2D eigenvalue weighted by atomic mass is 15.3. The van der Waals surface area contributed by atoms with Gasteiger partial charge in [0, 0.05) is 75.4 Å². The molecule has 1 aliphatic rings. The number of hydrogen-bond donors (Lipinski definition) is 0. The zero-order chi connectivity index (χ0) is 20.9. The number of aromatic nitrogens is 4. The van der Waals surface area contributed by atoms with E-state index < -0.39 is 0 Å². The number of aryl methyl sites for hydroxylation is 2. The average molecular weight is 402 g/mol. The maximum absolute atomic E-state index is 8.78. The lowest BCUT2D eigenvalue weighted by Gasteiger charge is -2.35. The van der Waals surface area contributed by atoms with Crippen LogP contribution in [0.3, 0.4) is 0 Å². The number of anilines is 1. The van der Waals surface area contributed by atoms with Gasteiger partial charge in [0.2, 0.25) is 0 Å². The van der Waals surface area contributed by atoms with Gasteiger partial charge in [-0.25, -0.2) is 4.98 Å². The van der Waals surface area contributed by atoms with Crippen LogP contribution in [0.4, 0.5) is 5.82 Å². The van der Waals surface area contributed by atoms with Crippen LogP contribution in [0.2, 0.25) is 0 Å². The van der Waals surface area contributed by atoms with E-state index >= 15 is 0 Å². The van der Waals surface area contributed by atoms with Gasteiger partial charge in [0.25, 0.3) is 0 Å². The third-order valence-electron chi connectivity index (χ3n) is 5.83. The second-order valence-electron chi connectivity index (χ2n) is 7.73. The molecule has 1 aromatic carbocycles. The number of nitriles is 1. The average Bonchev–Trinajstić information content (AvgIpc) is 3.11. The lowest BCUT2D eigenvalue weighted by atomic mass is 10.1. The molecule has 0 atom stereocenters. The highest BCUT2D eigenvalue weighted by Gasteiger charge is 2.22. The van der Waals surface area contributed by atoms with Crippen LogP contribution >= 0.6 is 0 Å². The van der Waals surface area contributed by atoms with Crippen LogP contribution in [0.1, 0.15) is 23.2 Å². The summed E-state index contributed by atoms with van der Waals surface area (Å²) in [7, 11) is 1.99. The Labute approximate surface area is 177 Å². The molecule has 0 saturated carbocycles. The highest BCUT2D eigenvalue weighted by Crippen LogP contribution is 2.28. The normalized spacial score (nSPS) is 14.6. The second-order valence-corrected chi connectivity index (χ2v) is 7.73. The molecule has 154 valence electrons. The van der Waals surface area contributed by atoms with Crippen molar-refractivity contribution in [2.45, 2.75) is 26.3 Å². The molecule has 3 aromatic rings. The fraction of sp³-hybridized carbons (Fsp3) is 0.391. The molecule has 1 aliphatic heterocycles. The highest BCUT2D eigenvalue weighted by molar-refractivity contribution is 5.72. The second kappa shape index (κ2) is 9.06. The minimum atomic E-state index is 0.540. The van der Waals surface area contributed by atoms with Gasteiger partial charge in [0.1, 0.15) is 5.69 Å². The van der Waals surface area contributed by atoms with Gasteiger partial charge >= 0.3 is 0 Å². The van der Waals surface area contributed by atoms with Crippen molar-refractivity contribution in [3.8, 4) is 17.3 Å². The van der Waals surface area contributed by atoms with E-state index in [9.17, 15) is 0 Å². The number of hydrogen-bond acceptors (Lipinski definition) is 6. The van der Waals surface area contributed by atoms with Crippen molar-refractivity contribution in [1.29, 1.82) is 5.26 Å². The molecule has 3 heterocycles. The largest absolute Gasteiger partial charge is 0.352 e. The van der Waals surface area contributed by atoms with E-state index in [1.807, 2.05) is 17.9 Å². The zero-order valence-electron chi connectivity index (χ0n) is 17.6. The summed E-state index contributed by atoms with van der Waals surface area (Å²) in [6, 6.07) is 10.5. The monoisotopic (exact) mass is 401 g/mol. The molecular weight excluding hydrogens is 374 g/mol. The molecule has 0 N–H and O–H groups in total. The van der Waals surface area contributed by atoms with E-state index in [1.165, 1.54) is 16.8 Å². The van der Waals surface area contributed by atoms with Gasteiger partial charge in [-0.3, -0.25) is 14.6 Å². The van der Waals surface area contributed by atoms with Crippen LogP contribution in [-0.2, 0) is 20.0 Å². The van der Waals surface area contributed by atoms with E-state index in [4.69, 9.17) is 5.26 Å². The molecular formula is C23H27N7. The maximum atomic E-state index is 8.78. The molecule has 1 saturated heterocycles. The predicted molar refractivity (Wildman–Crippen MR) is 117 cm³/mol. The summed E-state index contributed by atoms with van der Waals surface area (Å²) < 4.78 is 1.93. The molecule has 30 heavy (non-hydrogen) atoms. The summed E-state index contributed by atoms with van der Waals surface area (Å²) in [5.74, 6) is 0.944. The topological polar surface area (TPSA) is 73.9 Å². The minimum absolute atomic E-state index is 0.540. The van der Waals surface area contributed by atoms with Crippen molar-refractivity contribution in [2.75, 3.05) is 31.1 Å². The van der Waals surface area contributed by atoms with Crippen molar-refractivity contribution >= 4 is 5.82 Å². The van der Waals surface area contributed by atoms with Crippen molar-refractivity contribution in [3.63, 3.8) is 0 Å².